The number of nitrogens with zero attached hydrogens (tertiary/aromatic N) is 4. The van der Waals surface area contributed by atoms with E-state index in [4.69, 9.17) is 0 Å². The fourth-order valence-corrected chi connectivity index (χ4v) is 0.250. The van der Waals surface area contributed by atoms with Crippen LogP contribution in [0.2, 0.25) is 0 Å². The van der Waals surface area contributed by atoms with E-state index >= 15 is 0 Å². The van der Waals surface area contributed by atoms with Crippen LogP contribution in [0.1, 0.15) is 0 Å². The van der Waals surface area contributed by atoms with E-state index in [9.17, 15) is 10.1 Å². The molecule has 0 spiro atoms. The highest BCUT2D eigenvalue weighted by Gasteiger charge is 2.13. The molecule has 0 fully saturated rings. The highest BCUT2D eigenvalue weighted by molar-refractivity contribution is 5.71. The van der Waals surface area contributed by atoms with Crippen molar-refractivity contribution in [2.24, 2.45) is 20.7 Å². The Morgan fingerprint density at radius 2 is 2.50 bits per heavy atom. The largest absolute Gasteiger partial charge is 0.597 e. The number of quaternary nitrogens is 1. The number of nitrogens with one attached hydrogen (secondary N) is 1. The SMILES string of the molecule is O=NC1=NN=N[NH+]1[O-]. The molecule has 7 nitrogen and oxygen atoms in total. The molecule has 0 saturated carbocycles. The maximum absolute atomic E-state index is 10.1. The Labute approximate surface area is 43.2 Å². The number of nitroso groups, excluding NO2 is 1. The molecule has 42 valence electrons. The van der Waals surface area contributed by atoms with Crippen molar-refractivity contribution in [3.8, 4) is 0 Å². The summed E-state index contributed by atoms with van der Waals surface area (Å²) in [6.45, 7) is 0. The maximum atomic E-state index is 10.1. The quantitative estimate of drug-likeness (QED) is 0.316. The molecule has 8 heavy (non-hydrogen) atoms. The molecule has 0 aliphatic carbocycles. The zero-order chi connectivity index (χ0) is 5.98. The molecular formula is CHN5O2. The first-order valence-electron chi connectivity index (χ1n) is 1.71. The van der Waals surface area contributed by atoms with Crippen LogP contribution in [0.3, 0.4) is 0 Å². The average Bonchev–Trinajstić information content (AvgIpc) is 2.14. The number of guanidine groups is 1. The summed E-state index contributed by atoms with van der Waals surface area (Å²) >= 11 is 0. The minimum absolute atomic E-state index is 0.481. The Balaban J connectivity index is 2.72. The second-order valence-corrected chi connectivity index (χ2v) is 1.01. The van der Waals surface area contributed by atoms with Crippen LogP contribution < -0.4 is 5.17 Å². The predicted octanol–water partition coefficient (Wildman–Crippen LogP) is -1.21. The van der Waals surface area contributed by atoms with Gasteiger partial charge in [0.25, 0.3) is 0 Å². The average molecular weight is 115 g/mol. The van der Waals surface area contributed by atoms with Crippen molar-refractivity contribution in [1.82, 2.24) is 0 Å². The van der Waals surface area contributed by atoms with Gasteiger partial charge < -0.3 is 5.21 Å². The lowest BCUT2D eigenvalue weighted by Gasteiger charge is -1.99. The van der Waals surface area contributed by atoms with Crippen molar-refractivity contribution < 1.29 is 5.17 Å². The Hall–Kier alpha value is -1.21. The lowest BCUT2D eigenvalue weighted by atomic mass is 11.1. The van der Waals surface area contributed by atoms with E-state index in [-0.39, 0.29) is 0 Å². The third kappa shape index (κ3) is 0.591. The van der Waals surface area contributed by atoms with E-state index in [1.54, 1.807) is 0 Å². The van der Waals surface area contributed by atoms with Crippen molar-refractivity contribution in [2.75, 3.05) is 0 Å². The van der Waals surface area contributed by atoms with Gasteiger partial charge in [-0.05, 0) is 5.10 Å². The summed E-state index contributed by atoms with van der Waals surface area (Å²) < 4.78 is 0. The lowest BCUT2D eigenvalue weighted by Crippen LogP contribution is -3.03. The maximum Gasteiger partial charge on any atom is 0.414 e. The number of hydroxylamine groups is 1. The molecule has 7 heteroatoms. The molecule has 0 aromatic carbocycles. The number of rotatable bonds is 0. The molecule has 1 heterocycles. The van der Waals surface area contributed by atoms with E-state index in [1.165, 1.54) is 0 Å². The van der Waals surface area contributed by atoms with Gasteiger partial charge in [-0.2, -0.15) is 5.17 Å². The molecule has 1 N–H and O–H groups in total. The van der Waals surface area contributed by atoms with Crippen molar-refractivity contribution in [3.05, 3.63) is 10.1 Å². The summed E-state index contributed by atoms with van der Waals surface area (Å²) in [5, 5.41) is 20.3. The molecule has 1 unspecified atom stereocenters. The lowest BCUT2D eigenvalue weighted by molar-refractivity contribution is -0.757. The number of hydrogen-bond donors (Lipinski definition) is 1. The minimum Gasteiger partial charge on any atom is -0.597 e. The third-order valence-electron chi connectivity index (χ3n) is 0.553. The molecule has 0 bridgehead atoms. The van der Waals surface area contributed by atoms with E-state index in [0.29, 0.717) is 0 Å². The van der Waals surface area contributed by atoms with Gasteiger partial charge in [-0.25, -0.2) is 0 Å². The van der Waals surface area contributed by atoms with Crippen LogP contribution in [0.5, 0.6) is 0 Å². The fourth-order valence-electron chi connectivity index (χ4n) is 0.250. The Bertz CT molecular complexity index is 160. The second-order valence-electron chi connectivity index (χ2n) is 1.01. The smallest absolute Gasteiger partial charge is 0.414 e. The van der Waals surface area contributed by atoms with Crippen molar-refractivity contribution >= 4 is 5.96 Å². The van der Waals surface area contributed by atoms with E-state index < -0.39 is 11.1 Å². The molecule has 1 aliphatic heterocycles. The van der Waals surface area contributed by atoms with Crippen LogP contribution in [0, 0.1) is 10.1 Å². The van der Waals surface area contributed by atoms with Gasteiger partial charge in [-0.1, -0.05) is 0 Å². The zero-order valence-corrected chi connectivity index (χ0v) is 3.61. The molecule has 0 amide bonds. The molecule has 0 radical (unpaired) electrons. The monoisotopic (exact) mass is 115 g/mol. The summed E-state index contributed by atoms with van der Waals surface area (Å²) in [7, 11) is 0. The predicted molar refractivity (Wildman–Crippen MR) is 22.4 cm³/mol. The van der Waals surface area contributed by atoms with Crippen LogP contribution in [-0.2, 0) is 0 Å². The second kappa shape index (κ2) is 1.72. The van der Waals surface area contributed by atoms with E-state index in [2.05, 4.69) is 20.7 Å². The molecule has 0 saturated heterocycles. The molecular weight excluding hydrogens is 114 g/mol. The molecule has 1 rings (SSSR count). The molecule has 0 aromatic heterocycles. The summed E-state index contributed by atoms with van der Waals surface area (Å²) in [5.74, 6) is -0.481. The Morgan fingerprint density at radius 1 is 1.75 bits per heavy atom. The molecule has 0 aromatic rings. The first-order chi connectivity index (χ1) is 3.84. The van der Waals surface area contributed by atoms with Crippen LogP contribution in [-0.4, -0.2) is 5.96 Å². The van der Waals surface area contributed by atoms with Crippen molar-refractivity contribution in [2.45, 2.75) is 0 Å². The Morgan fingerprint density at radius 3 is 2.75 bits per heavy atom. The van der Waals surface area contributed by atoms with Crippen LogP contribution in [0.15, 0.2) is 20.7 Å². The van der Waals surface area contributed by atoms with E-state index in [1.807, 2.05) is 0 Å². The van der Waals surface area contributed by atoms with Gasteiger partial charge in [0.05, 0.1) is 10.4 Å². The van der Waals surface area contributed by atoms with Gasteiger partial charge in [-0.15, -0.1) is 4.91 Å². The molecule has 1 atom stereocenters. The standard InChI is InChI=1S/CHN5O2/c7-3-1-2-4-5-6(1)8/h6H. The summed E-state index contributed by atoms with van der Waals surface area (Å²) in [4.78, 5) is 9.50. The first-order valence-corrected chi connectivity index (χ1v) is 1.71. The normalized spacial score (nSPS) is 25.6. The summed E-state index contributed by atoms with van der Waals surface area (Å²) in [6, 6.07) is 0. The van der Waals surface area contributed by atoms with Gasteiger partial charge in [0.2, 0.25) is 0 Å². The fraction of sp³-hybridized carbons (Fsp3) is 0. The number of hydrogen-bond acceptors (Lipinski definition) is 6. The first kappa shape index (κ1) is 4.94. The van der Waals surface area contributed by atoms with Crippen molar-refractivity contribution in [3.63, 3.8) is 0 Å². The summed E-state index contributed by atoms with van der Waals surface area (Å²) in [6.07, 6.45) is 0. The Kier molecular flexibility index (Phi) is 1.06. The van der Waals surface area contributed by atoms with E-state index in [0.717, 1.165) is 0 Å². The third-order valence-corrected chi connectivity index (χ3v) is 0.553. The van der Waals surface area contributed by atoms with Gasteiger partial charge in [-0.3, -0.25) is 0 Å². The van der Waals surface area contributed by atoms with Gasteiger partial charge in [0.1, 0.15) is 0 Å². The van der Waals surface area contributed by atoms with Gasteiger partial charge >= 0.3 is 5.96 Å². The highest BCUT2D eigenvalue weighted by atomic mass is 16.6. The van der Waals surface area contributed by atoms with Gasteiger partial charge in [0.15, 0.2) is 0 Å². The van der Waals surface area contributed by atoms with Crippen LogP contribution in [0.4, 0.5) is 0 Å². The zero-order valence-electron chi connectivity index (χ0n) is 3.61. The van der Waals surface area contributed by atoms with Crippen molar-refractivity contribution in [1.29, 1.82) is 0 Å². The van der Waals surface area contributed by atoms with Crippen LogP contribution in [0.25, 0.3) is 0 Å². The highest BCUT2D eigenvalue weighted by Crippen LogP contribution is 1.80. The topological polar surface area (TPSA) is 94.0 Å². The summed E-state index contributed by atoms with van der Waals surface area (Å²) in [5.41, 5.74) is 0. The molecule has 1 aliphatic rings. The van der Waals surface area contributed by atoms with Gasteiger partial charge in [0, 0.05) is 5.22 Å². The van der Waals surface area contributed by atoms with Crippen LogP contribution >= 0.6 is 0 Å². The minimum atomic E-state index is -0.778.